The molecule has 0 aliphatic carbocycles. The maximum absolute atomic E-state index is 11.8. The summed E-state index contributed by atoms with van der Waals surface area (Å²) in [5.74, 6) is 0.946. The fourth-order valence-electron chi connectivity index (χ4n) is 3.37. The molecule has 31 heavy (non-hydrogen) atoms. The molecule has 2 heterocycles. The fourth-order valence-corrected chi connectivity index (χ4v) is 3.37. The Morgan fingerprint density at radius 3 is 2.68 bits per heavy atom. The topological polar surface area (TPSA) is 83.1 Å². The molecule has 7 nitrogen and oxygen atoms in total. The van der Waals surface area contributed by atoms with Crippen molar-refractivity contribution in [3.8, 4) is 0 Å². The van der Waals surface area contributed by atoms with Crippen molar-refractivity contribution in [2.45, 2.75) is 59.2 Å². The standard InChI is InChI=1S/C24H33N5O2/c1-18-10-9-14-25-21(18)16-29(15-8-7-13-26-23(30)31-24(2,3)4)17-22-27-19-11-5-6-12-20(19)28-22/h5-6,9-12,14H,7-8,13,15-17H2,1-4H3,(H,26,30)(H,27,28). The Kier molecular flexibility index (Phi) is 7.63. The molecule has 0 aliphatic heterocycles. The van der Waals surface area contributed by atoms with E-state index in [2.05, 4.69) is 33.2 Å². The monoisotopic (exact) mass is 423 g/mol. The molecule has 2 aromatic heterocycles. The molecule has 3 aromatic rings. The third-order valence-corrected chi connectivity index (χ3v) is 4.87. The summed E-state index contributed by atoms with van der Waals surface area (Å²) >= 11 is 0. The number of carbonyl (C=O) groups excluding carboxylic acids is 1. The minimum atomic E-state index is -0.478. The van der Waals surface area contributed by atoms with Crippen molar-refractivity contribution in [3.63, 3.8) is 0 Å². The van der Waals surface area contributed by atoms with Gasteiger partial charge in [0.1, 0.15) is 11.4 Å². The maximum Gasteiger partial charge on any atom is 0.407 e. The highest BCUT2D eigenvalue weighted by Gasteiger charge is 2.16. The van der Waals surface area contributed by atoms with Crippen LogP contribution in [0, 0.1) is 6.92 Å². The van der Waals surface area contributed by atoms with E-state index in [4.69, 9.17) is 9.72 Å². The van der Waals surface area contributed by atoms with Gasteiger partial charge < -0.3 is 15.0 Å². The number of fused-ring (bicyclic) bond motifs is 1. The van der Waals surface area contributed by atoms with Crippen molar-refractivity contribution in [3.05, 3.63) is 59.7 Å². The quantitative estimate of drug-likeness (QED) is 0.493. The highest BCUT2D eigenvalue weighted by atomic mass is 16.6. The van der Waals surface area contributed by atoms with Gasteiger partial charge in [0, 0.05) is 19.3 Å². The van der Waals surface area contributed by atoms with E-state index in [1.807, 2.05) is 57.3 Å². The number of ether oxygens (including phenoxy) is 1. The number of alkyl carbamates (subject to hydrolysis) is 1. The summed E-state index contributed by atoms with van der Waals surface area (Å²) < 4.78 is 5.28. The minimum absolute atomic E-state index is 0.365. The largest absolute Gasteiger partial charge is 0.444 e. The van der Waals surface area contributed by atoms with Crippen LogP contribution >= 0.6 is 0 Å². The molecular weight excluding hydrogens is 390 g/mol. The Labute approximate surface area is 184 Å². The number of aromatic nitrogens is 3. The lowest BCUT2D eigenvalue weighted by atomic mass is 10.2. The number of benzene rings is 1. The average Bonchev–Trinajstić information content (AvgIpc) is 3.10. The number of nitrogens with zero attached hydrogens (tertiary/aromatic N) is 3. The SMILES string of the molecule is Cc1cccnc1CN(CCCCNC(=O)OC(C)(C)C)Cc1nc2ccccc2[nH]1. The van der Waals surface area contributed by atoms with Gasteiger partial charge in [-0.3, -0.25) is 9.88 Å². The molecule has 3 rings (SSSR count). The summed E-state index contributed by atoms with van der Waals surface area (Å²) in [5.41, 5.74) is 3.81. The number of rotatable bonds is 9. The van der Waals surface area contributed by atoms with Gasteiger partial charge >= 0.3 is 6.09 Å². The lowest BCUT2D eigenvalue weighted by Gasteiger charge is -2.22. The molecule has 0 unspecified atom stereocenters. The van der Waals surface area contributed by atoms with Gasteiger partial charge in [-0.1, -0.05) is 18.2 Å². The Morgan fingerprint density at radius 1 is 1.13 bits per heavy atom. The first-order chi connectivity index (χ1) is 14.8. The Morgan fingerprint density at radius 2 is 1.94 bits per heavy atom. The van der Waals surface area contributed by atoms with E-state index in [1.54, 1.807) is 0 Å². The summed E-state index contributed by atoms with van der Waals surface area (Å²) in [6.07, 6.45) is 3.29. The van der Waals surface area contributed by atoms with Gasteiger partial charge in [-0.25, -0.2) is 9.78 Å². The zero-order valence-electron chi connectivity index (χ0n) is 18.9. The molecular formula is C24H33N5O2. The molecule has 1 aromatic carbocycles. The molecule has 0 radical (unpaired) electrons. The molecule has 1 amide bonds. The van der Waals surface area contributed by atoms with Gasteiger partial charge in [-0.15, -0.1) is 0 Å². The summed E-state index contributed by atoms with van der Waals surface area (Å²) in [6, 6.07) is 12.1. The molecule has 7 heteroatoms. The van der Waals surface area contributed by atoms with Crippen molar-refractivity contribution >= 4 is 17.1 Å². The van der Waals surface area contributed by atoms with Crippen molar-refractivity contribution in [2.75, 3.05) is 13.1 Å². The number of H-pyrrole nitrogens is 1. The number of para-hydroxylation sites is 2. The summed E-state index contributed by atoms with van der Waals surface area (Å²) in [4.78, 5) is 26.8. The Balaban J connectivity index is 1.57. The molecule has 166 valence electrons. The Hall–Kier alpha value is -2.93. The van der Waals surface area contributed by atoms with Crippen LogP contribution in [-0.4, -0.2) is 44.6 Å². The van der Waals surface area contributed by atoms with Crippen LogP contribution in [0.15, 0.2) is 42.6 Å². The van der Waals surface area contributed by atoms with Crippen LogP contribution in [0.25, 0.3) is 11.0 Å². The second-order valence-electron chi connectivity index (χ2n) is 8.81. The number of carbonyl (C=O) groups is 1. The van der Waals surface area contributed by atoms with Gasteiger partial charge in [-0.05, 0) is 70.8 Å². The zero-order chi connectivity index (χ0) is 22.3. The van der Waals surface area contributed by atoms with E-state index in [9.17, 15) is 4.79 Å². The van der Waals surface area contributed by atoms with Crippen LogP contribution in [0.1, 0.15) is 50.7 Å². The lowest BCUT2D eigenvalue weighted by molar-refractivity contribution is 0.0526. The van der Waals surface area contributed by atoms with Crippen molar-refractivity contribution in [1.29, 1.82) is 0 Å². The summed E-state index contributed by atoms with van der Waals surface area (Å²) in [7, 11) is 0. The molecule has 0 atom stereocenters. The van der Waals surface area contributed by atoms with Gasteiger partial charge in [0.2, 0.25) is 0 Å². The number of pyridine rings is 1. The van der Waals surface area contributed by atoms with E-state index in [-0.39, 0.29) is 6.09 Å². The smallest absolute Gasteiger partial charge is 0.407 e. The average molecular weight is 424 g/mol. The Bertz CT molecular complexity index is 960. The maximum atomic E-state index is 11.8. The van der Waals surface area contributed by atoms with Gasteiger partial charge in [0.25, 0.3) is 0 Å². The molecule has 0 fully saturated rings. The van der Waals surface area contributed by atoms with E-state index in [0.29, 0.717) is 13.1 Å². The first-order valence-electron chi connectivity index (χ1n) is 10.8. The van der Waals surface area contributed by atoms with Gasteiger partial charge in [0.15, 0.2) is 0 Å². The second kappa shape index (κ2) is 10.4. The van der Waals surface area contributed by atoms with Gasteiger partial charge in [0.05, 0.1) is 23.3 Å². The molecule has 2 N–H and O–H groups in total. The fraction of sp³-hybridized carbons (Fsp3) is 0.458. The first-order valence-corrected chi connectivity index (χ1v) is 10.8. The van der Waals surface area contributed by atoms with Crippen molar-refractivity contribution in [1.82, 2.24) is 25.2 Å². The lowest BCUT2D eigenvalue weighted by Crippen LogP contribution is -2.33. The number of amides is 1. The number of nitrogens with one attached hydrogen (secondary N) is 2. The third-order valence-electron chi connectivity index (χ3n) is 4.87. The van der Waals surface area contributed by atoms with Crippen LogP contribution in [0.3, 0.4) is 0 Å². The van der Waals surface area contributed by atoms with E-state index in [1.165, 1.54) is 5.56 Å². The zero-order valence-corrected chi connectivity index (χ0v) is 18.9. The second-order valence-corrected chi connectivity index (χ2v) is 8.81. The summed E-state index contributed by atoms with van der Waals surface area (Å²) in [6.45, 7) is 10.6. The molecule has 0 saturated heterocycles. The molecule has 0 saturated carbocycles. The van der Waals surface area contributed by atoms with Crippen LogP contribution in [-0.2, 0) is 17.8 Å². The van der Waals surface area contributed by atoms with Crippen LogP contribution in [0.5, 0.6) is 0 Å². The summed E-state index contributed by atoms with van der Waals surface area (Å²) in [5, 5.41) is 2.83. The van der Waals surface area contributed by atoms with Crippen LogP contribution in [0.4, 0.5) is 4.79 Å². The number of hydrogen-bond acceptors (Lipinski definition) is 5. The normalized spacial score (nSPS) is 11.8. The number of hydrogen-bond donors (Lipinski definition) is 2. The number of aromatic amines is 1. The molecule has 0 bridgehead atoms. The predicted octanol–water partition coefficient (Wildman–Crippen LogP) is 4.57. The molecule has 0 spiro atoms. The predicted molar refractivity (Wildman–Crippen MR) is 123 cm³/mol. The van der Waals surface area contributed by atoms with Crippen molar-refractivity contribution < 1.29 is 9.53 Å². The number of aryl methyl sites for hydroxylation is 1. The van der Waals surface area contributed by atoms with Crippen molar-refractivity contribution in [2.24, 2.45) is 0 Å². The van der Waals surface area contributed by atoms with E-state index in [0.717, 1.165) is 48.5 Å². The third kappa shape index (κ3) is 7.36. The number of imidazole rings is 1. The van der Waals surface area contributed by atoms with Crippen LogP contribution < -0.4 is 5.32 Å². The minimum Gasteiger partial charge on any atom is -0.444 e. The highest BCUT2D eigenvalue weighted by Crippen LogP contribution is 2.15. The number of unbranched alkanes of at least 4 members (excludes halogenated alkanes) is 1. The highest BCUT2D eigenvalue weighted by molar-refractivity contribution is 5.74. The molecule has 0 aliphatic rings. The van der Waals surface area contributed by atoms with Gasteiger partial charge in [-0.2, -0.15) is 0 Å². The first kappa shape index (κ1) is 22.7. The van der Waals surface area contributed by atoms with E-state index < -0.39 is 5.60 Å². The van der Waals surface area contributed by atoms with E-state index >= 15 is 0 Å². The van der Waals surface area contributed by atoms with Crippen LogP contribution in [0.2, 0.25) is 0 Å².